The van der Waals surface area contributed by atoms with Gasteiger partial charge >= 0.3 is 6.18 Å². The van der Waals surface area contributed by atoms with Crippen LogP contribution in [0.5, 0.6) is 0 Å². The van der Waals surface area contributed by atoms with Crippen molar-refractivity contribution in [2.24, 2.45) is 0 Å². The van der Waals surface area contributed by atoms with Gasteiger partial charge in [0.05, 0.1) is 10.0 Å². The molecule has 0 aliphatic rings. The molecule has 0 radical (unpaired) electrons. The van der Waals surface area contributed by atoms with Crippen molar-refractivity contribution in [2.45, 2.75) is 6.18 Å². The van der Waals surface area contributed by atoms with Crippen molar-refractivity contribution in [3.05, 3.63) is 22.1 Å². The zero-order chi connectivity index (χ0) is 11.2. The maximum Gasteiger partial charge on any atom is 0.449 e. The van der Waals surface area contributed by atoms with E-state index in [0.29, 0.717) is 0 Å². The molecule has 80 valence electrons. The number of pyridine rings is 1. The Morgan fingerprint density at radius 3 is 2.53 bits per heavy atom. The lowest BCUT2D eigenvalue weighted by atomic mass is 10.4. The number of fused-ring (bicyclic) bond motifs is 1. The molecule has 2 heterocycles. The van der Waals surface area contributed by atoms with Crippen LogP contribution in [0.3, 0.4) is 0 Å². The van der Waals surface area contributed by atoms with E-state index < -0.39 is 12.0 Å². The lowest BCUT2D eigenvalue weighted by molar-refractivity contribution is -0.144. The number of hydrogen-bond acceptors (Lipinski definition) is 2. The van der Waals surface area contributed by atoms with Gasteiger partial charge < -0.3 is 4.98 Å². The Bertz CT molecular complexity index is 520. The van der Waals surface area contributed by atoms with E-state index in [1.54, 1.807) is 0 Å². The molecule has 0 aromatic carbocycles. The standard InChI is InChI=1S/C7H2Cl2F3N3/c8-2-1-13-5-4(3(2)9)14-6(15-5)7(10,11)12/h1H,(H,13,14,15). The zero-order valence-electron chi connectivity index (χ0n) is 6.86. The molecule has 3 nitrogen and oxygen atoms in total. The van der Waals surface area contributed by atoms with Crippen molar-refractivity contribution >= 4 is 34.4 Å². The number of rotatable bonds is 0. The maximum absolute atomic E-state index is 12.3. The highest BCUT2D eigenvalue weighted by atomic mass is 35.5. The molecule has 0 unspecified atom stereocenters. The summed E-state index contributed by atoms with van der Waals surface area (Å²) in [5.74, 6) is -1.14. The van der Waals surface area contributed by atoms with Crippen molar-refractivity contribution in [1.29, 1.82) is 0 Å². The van der Waals surface area contributed by atoms with Gasteiger partial charge in [0.15, 0.2) is 5.65 Å². The van der Waals surface area contributed by atoms with Crippen molar-refractivity contribution < 1.29 is 13.2 Å². The second-order valence-corrected chi connectivity index (χ2v) is 3.49. The average Bonchev–Trinajstić information content (AvgIpc) is 2.55. The summed E-state index contributed by atoms with van der Waals surface area (Å²) in [6.07, 6.45) is -3.41. The van der Waals surface area contributed by atoms with E-state index in [2.05, 4.69) is 9.97 Å². The summed E-state index contributed by atoms with van der Waals surface area (Å²) in [6.45, 7) is 0. The van der Waals surface area contributed by atoms with Crippen LogP contribution in [0.1, 0.15) is 5.82 Å². The third-order valence-corrected chi connectivity index (χ3v) is 2.46. The molecule has 2 rings (SSSR count). The molecule has 0 fully saturated rings. The van der Waals surface area contributed by atoms with Crippen LogP contribution in [0.2, 0.25) is 10.0 Å². The molecule has 15 heavy (non-hydrogen) atoms. The summed E-state index contributed by atoms with van der Waals surface area (Å²) in [5.41, 5.74) is -0.131. The highest BCUT2D eigenvalue weighted by Gasteiger charge is 2.35. The highest BCUT2D eigenvalue weighted by molar-refractivity contribution is 6.44. The molecule has 2 aromatic rings. The molecular weight excluding hydrogens is 254 g/mol. The minimum absolute atomic E-state index is 0.0171. The van der Waals surface area contributed by atoms with Gasteiger partial charge in [-0.3, -0.25) is 0 Å². The minimum atomic E-state index is -4.56. The van der Waals surface area contributed by atoms with Crippen LogP contribution in [0.4, 0.5) is 13.2 Å². The first-order valence-corrected chi connectivity index (χ1v) is 4.42. The third kappa shape index (κ3) is 1.74. The van der Waals surface area contributed by atoms with Gasteiger partial charge in [0.25, 0.3) is 0 Å². The first-order valence-electron chi connectivity index (χ1n) is 3.66. The van der Waals surface area contributed by atoms with Crippen LogP contribution in [0, 0.1) is 0 Å². The molecular formula is C7H2Cl2F3N3. The Balaban J connectivity index is 2.72. The first kappa shape index (κ1) is 10.5. The fraction of sp³-hybridized carbons (Fsp3) is 0.143. The summed E-state index contributed by atoms with van der Waals surface area (Å²) >= 11 is 11.3. The number of nitrogens with zero attached hydrogens (tertiary/aromatic N) is 2. The van der Waals surface area contributed by atoms with Gasteiger partial charge in [-0.05, 0) is 0 Å². The topological polar surface area (TPSA) is 41.6 Å². The van der Waals surface area contributed by atoms with Gasteiger partial charge in [-0.25, -0.2) is 9.97 Å². The minimum Gasteiger partial charge on any atom is -0.332 e. The molecule has 1 N–H and O–H groups in total. The van der Waals surface area contributed by atoms with Crippen molar-refractivity contribution in [3.63, 3.8) is 0 Å². The first-order chi connectivity index (χ1) is 6.89. The van der Waals surface area contributed by atoms with E-state index in [4.69, 9.17) is 23.2 Å². The Labute approximate surface area is 91.2 Å². The molecule has 0 spiro atoms. The summed E-state index contributed by atoms with van der Waals surface area (Å²) in [7, 11) is 0. The highest BCUT2D eigenvalue weighted by Crippen LogP contribution is 2.32. The van der Waals surface area contributed by atoms with Crippen LogP contribution in [-0.4, -0.2) is 15.0 Å². The van der Waals surface area contributed by atoms with E-state index >= 15 is 0 Å². The number of H-pyrrole nitrogens is 1. The number of hydrogen-bond donors (Lipinski definition) is 1. The summed E-state index contributed by atoms with van der Waals surface area (Å²) < 4.78 is 36.8. The van der Waals surface area contributed by atoms with Gasteiger partial charge in [-0.15, -0.1) is 0 Å². The van der Waals surface area contributed by atoms with Crippen LogP contribution < -0.4 is 0 Å². The molecule has 2 aromatic heterocycles. The zero-order valence-corrected chi connectivity index (χ0v) is 8.37. The molecule has 0 amide bonds. The van der Waals surface area contributed by atoms with Crippen molar-refractivity contribution in [3.8, 4) is 0 Å². The van der Waals surface area contributed by atoms with E-state index in [9.17, 15) is 13.2 Å². The van der Waals surface area contributed by atoms with E-state index in [1.807, 2.05) is 4.98 Å². The van der Waals surface area contributed by atoms with Crippen LogP contribution >= 0.6 is 23.2 Å². The molecule has 0 atom stereocenters. The summed E-state index contributed by atoms with van der Waals surface area (Å²) in [6, 6.07) is 0. The normalized spacial score (nSPS) is 12.3. The summed E-state index contributed by atoms with van der Waals surface area (Å²) in [4.78, 5) is 8.90. The predicted octanol–water partition coefficient (Wildman–Crippen LogP) is 3.28. The van der Waals surface area contributed by atoms with Crippen molar-refractivity contribution in [2.75, 3.05) is 0 Å². The SMILES string of the molecule is FC(F)(F)c1nc2ncc(Cl)c(Cl)c2[nH]1. The van der Waals surface area contributed by atoms with Gasteiger partial charge in [0.2, 0.25) is 5.82 Å². The van der Waals surface area contributed by atoms with Gasteiger partial charge in [0.1, 0.15) is 5.52 Å². The maximum atomic E-state index is 12.3. The Morgan fingerprint density at radius 1 is 1.27 bits per heavy atom. The van der Waals surface area contributed by atoms with Gasteiger partial charge in [-0.1, -0.05) is 23.2 Å². The number of aromatic nitrogens is 3. The smallest absolute Gasteiger partial charge is 0.332 e. The number of halogens is 5. The quantitative estimate of drug-likeness (QED) is 0.785. The van der Waals surface area contributed by atoms with Crippen LogP contribution in [0.25, 0.3) is 11.2 Å². The Hall–Kier alpha value is -1.01. The summed E-state index contributed by atoms with van der Waals surface area (Å²) in [5, 5.41) is 0.0474. The van der Waals surface area contributed by atoms with Crippen molar-refractivity contribution in [1.82, 2.24) is 15.0 Å². The third-order valence-electron chi connectivity index (χ3n) is 1.68. The lowest BCUT2D eigenvalue weighted by Crippen LogP contribution is -2.06. The fourth-order valence-corrected chi connectivity index (χ4v) is 1.36. The molecule has 0 saturated carbocycles. The Kier molecular flexibility index (Phi) is 2.27. The van der Waals surface area contributed by atoms with Gasteiger partial charge in [-0.2, -0.15) is 13.2 Å². The van der Waals surface area contributed by atoms with E-state index in [0.717, 1.165) is 6.20 Å². The van der Waals surface area contributed by atoms with Gasteiger partial charge in [0, 0.05) is 6.20 Å². The lowest BCUT2D eigenvalue weighted by Gasteiger charge is -1.99. The molecule has 0 aliphatic heterocycles. The van der Waals surface area contributed by atoms with E-state index in [-0.39, 0.29) is 21.2 Å². The second kappa shape index (κ2) is 3.24. The largest absolute Gasteiger partial charge is 0.449 e. The molecule has 8 heteroatoms. The average molecular weight is 256 g/mol. The number of aromatic amines is 1. The molecule has 0 saturated heterocycles. The number of alkyl halides is 3. The predicted molar refractivity (Wildman–Crippen MR) is 48.9 cm³/mol. The molecule has 0 bridgehead atoms. The number of imidazole rings is 1. The van der Waals surface area contributed by atoms with Crippen LogP contribution in [0.15, 0.2) is 6.20 Å². The number of nitrogens with one attached hydrogen (secondary N) is 1. The monoisotopic (exact) mass is 255 g/mol. The Morgan fingerprint density at radius 2 is 1.93 bits per heavy atom. The van der Waals surface area contributed by atoms with E-state index in [1.165, 1.54) is 0 Å². The second-order valence-electron chi connectivity index (χ2n) is 2.70. The fourth-order valence-electron chi connectivity index (χ4n) is 1.04. The van der Waals surface area contributed by atoms with Crippen LogP contribution in [-0.2, 0) is 6.18 Å². The molecule has 0 aliphatic carbocycles.